The fourth-order valence-electron chi connectivity index (χ4n) is 3.87. The Morgan fingerprint density at radius 3 is 2.35 bits per heavy atom. The molecule has 1 aliphatic heterocycles. The SMILES string of the molecule is CN1CCN(Cc2ccc(-c3nc(C(=O)NCc4ccc(F)cc4)c(CO)c(=O)[nH]3)cc2)CC1. The van der Waals surface area contributed by atoms with E-state index in [0.717, 1.165) is 38.3 Å². The minimum absolute atomic E-state index is 0.105. The molecule has 1 aromatic heterocycles. The highest BCUT2D eigenvalue weighted by Crippen LogP contribution is 2.18. The van der Waals surface area contributed by atoms with Crippen LogP contribution in [0.5, 0.6) is 0 Å². The lowest BCUT2D eigenvalue weighted by atomic mass is 10.1. The standard InChI is InChI=1S/C25H28FN5O3/c1-30-10-12-31(13-11-30)15-18-2-6-19(7-3-18)23-28-22(21(16-32)24(33)29-23)25(34)27-14-17-4-8-20(26)9-5-17/h2-9,32H,10-16H2,1H3,(H,27,34)(H,28,29,33). The molecule has 0 radical (unpaired) electrons. The molecule has 3 N–H and O–H groups in total. The van der Waals surface area contributed by atoms with Crippen molar-refractivity contribution in [1.82, 2.24) is 25.1 Å². The molecule has 1 fully saturated rings. The van der Waals surface area contributed by atoms with Crippen LogP contribution < -0.4 is 10.9 Å². The highest BCUT2D eigenvalue weighted by molar-refractivity contribution is 5.94. The Bertz CT molecular complexity index is 1190. The summed E-state index contributed by atoms with van der Waals surface area (Å²) in [6.07, 6.45) is 0. The summed E-state index contributed by atoms with van der Waals surface area (Å²) >= 11 is 0. The summed E-state index contributed by atoms with van der Waals surface area (Å²) in [5, 5.41) is 12.3. The van der Waals surface area contributed by atoms with Crippen LogP contribution in [0.4, 0.5) is 4.39 Å². The van der Waals surface area contributed by atoms with Crippen molar-refractivity contribution in [2.45, 2.75) is 19.7 Å². The van der Waals surface area contributed by atoms with Gasteiger partial charge < -0.3 is 20.3 Å². The Morgan fingerprint density at radius 1 is 1.06 bits per heavy atom. The van der Waals surface area contributed by atoms with Crippen LogP contribution >= 0.6 is 0 Å². The van der Waals surface area contributed by atoms with Gasteiger partial charge in [0.05, 0.1) is 12.2 Å². The molecule has 1 amide bonds. The van der Waals surface area contributed by atoms with Gasteiger partial charge in [0.25, 0.3) is 11.5 Å². The molecule has 4 rings (SSSR count). The molecule has 2 heterocycles. The number of aromatic amines is 1. The van der Waals surface area contributed by atoms with Crippen molar-refractivity contribution in [2.75, 3.05) is 33.2 Å². The van der Waals surface area contributed by atoms with Crippen LogP contribution in [0.3, 0.4) is 0 Å². The number of amides is 1. The number of aliphatic hydroxyl groups is 1. The van der Waals surface area contributed by atoms with Gasteiger partial charge in [-0.25, -0.2) is 9.37 Å². The van der Waals surface area contributed by atoms with Crippen LogP contribution in [-0.4, -0.2) is 64.0 Å². The number of H-pyrrole nitrogens is 1. The predicted molar refractivity (Wildman–Crippen MR) is 127 cm³/mol. The maximum Gasteiger partial charge on any atom is 0.270 e. The van der Waals surface area contributed by atoms with Crippen LogP contribution in [0.2, 0.25) is 0 Å². The molecule has 178 valence electrons. The zero-order chi connectivity index (χ0) is 24.1. The Balaban J connectivity index is 1.50. The van der Waals surface area contributed by atoms with Crippen LogP contribution in [0.1, 0.15) is 27.2 Å². The maximum atomic E-state index is 13.1. The summed E-state index contributed by atoms with van der Waals surface area (Å²) in [6.45, 7) is 4.50. The number of nitrogens with one attached hydrogen (secondary N) is 2. The van der Waals surface area contributed by atoms with E-state index >= 15 is 0 Å². The first-order chi connectivity index (χ1) is 16.4. The fourth-order valence-corrected chi connectivity index (χ4v) is 3.87. The summed E-state index contributed by atoms with van der Waals surface area (Å²) in [7, 11) is 2.12. The number of aliphatic hydroxyl groups excluding tert-OH is 1. The zero-order valence-corrected chi connectivity index (χ0v) is 19.1. The first kappa shape index (κ1) is 23.7. The number of likely N-dealkylation sites (N-methyl/N-ethyl adjacent to an activating group) is 1. The Kier molecular flexibility index (Phi) is 7.46. The van der Waals surface area contributed by atoms with E-state index in [2.05, 4.69) is 32.1 Å². The summed E-state index contributed by atoms with van der Waals surface area (Å²) in [5.41, 5.74) is 1.70. The fraction of sp³-hybridized carbons (Fsp3) is 0.320. The second-order valence-electron chi connectivity index (χ2n) is 8.49. The smallest absolute Gasteiger partial charge is 0.270 e. The van der Waals surface area contributed by atoms with E-state index < -0.39 is 18.1 Å². The molecular weight excluding hydrogens is 437 g/mol. The monoisotopic (exact) mass is 465 g/mol. The van der Waals surface area contributed by atoms with E-state index in [1.54, 1.807) is 12.1 Å². The number of hydrogen-bond donors (Lipinski definition) is 3. The number of piperazine rings is 1. The number of carbonyl (C=O) groups is 1. The third kappa shape index (κ3) is 5.74. The van der Waals surface area contributed by atoms with E-state index in [9.17, 15) is 19.1 Å². The second-order valence-corrected chi connectivity index (χ2v) is 8.49. The number of rotatable bonds is 7. The second kappa shape index (κ2) is 10.7. The van der Waals surface area contributed by atoms with Crippen molar-refractivity contribution in [3.8, 4) is 11.4 Å². The molecule has 1 saturated heterocycles. The Morgan fingerprint density at radius 2 is 1.71 bits per heavy atom. The number of carbonyl (C=O) groups excluding carboxylic acids is 1. The van der Waals surface area contributed by atoms with Crippen molar-refractivity contribution in [3.63, 3.8) is 0 Å². The largest absolute Gasteiger partial charge is 0.391 e. The molecule has 34 heavy (non-hydrogen) atoms. The summed E-state index contributed by atoms with van der Waals surface area (Å²) in [6, 6.07) is 13.4. The van der Waals surface area contributed by atoms with Crippen LogP contribution in [-0.2, 0) is 19.7 Å². The molecule has 0 saturated carbocycles. The molecule has 0 unspecified atom stereocenters. The summed E-state index contributed by atoms with van der Waals surface area (Å²) < 4.78 is 13.1. The molecule has 1 aliphatic rings. The van der Waals surface area contributed by atoms with Gasteiger partial charge in [-0.2, -0.15) is 0 Å². The van der Waals surface area contributed by atoms with Crippen LogP contribution in [0.15, 0.2) is 53.3 Å². The van der Waals surface area contributed by atoms with Gasteiger partial charge in [0, 0.05) is 44.8 Å². The molecule has 2 aromatic carbocycles. The normalized spacial score (nSPS) is 14.8. The average molecular weight is 466 g/mol. The number of aromatic nitrogens is 2. The Labute approximate surface area is 197 Å². The minimum atomic E-state index is -0.619. The third-order valence-electron chi connectivity index (χ3n) is 5.98. The first-order valence-corrected chi connectivity index (χ1v) is 11.2. The van der Waals surface area contributed by atoms with Crippen molar-refractivity contribution in [3.05, 3.63) is 87.1 Å². The van der Waals surface area contributed by atoms with Gasteiger partial charge in [0.1, 0.15) is 17.3 Å². The molecule has 3 aromatic rings. The Hall–Kier alpha value is -3.40. The van der Waals surface area contributed by atoms with Crippen molar-refractivity contribution >= 4 is 5.91 Å². The summed E-state index contributed by atoms with van der Waals surface area (Å²) in [5.74, 6) is -0.708. The lowest BCUT2D eigenvalue weighted by Crippen LogP contribution is -2.43. The van der Waals surface area contributed by atoms with Crippen molar-refractivity contribution < 1.29 is 14.3 Å². The van der Waals surface area contributed by atoms with E-state index in [1.165, 1.54) is 12.1 Å². The maximum absolute atomic E-state index is 13.1. The van der Waals surface area contributed by atoms with Gasteiger partial charge in [-0.15, -0.1) is 0 Å². The first-order valence-electron chi connectivity index (χ1n) is 11.2. The van der Waals surface area contributed by atoms with Crippen molar-refractivity contribution in [2.24, 2.45) is 0 Å². The molecule has 0 aliphatic carbocycles. The van der Waals surface area contributed by atoms with Gasteiger partial charge in [-0.05, 0) is 30.3 Å². The minimum Gasteiger partial charge on any atom is -0.391 e. The summed E-state index contributed by atoms with van der Waals surface area (Å²) in [4.78, 5) is 37.0. The van der Waals surface area contributed by atoms with Gasteiger partial charge in [0.2, 0.25) is 0 Å². The highest BCUT2D eigenvalue weighted by Gasteiger charge is 2.19. The van der Waals surface area contributed by atoms with Gasteiger partial charge >= 0.3 is 0 Å². The number of hydrogen-bond acceptors (Lipinski definition) is 6. The van der Waals surface area contributed by atoms with Crippen LogP contribution in [0.25, 0.3) is 11.4 Å². The topological polar surface area (TPSA) is 102 Å². The highest BCUT2D eigenvalue weighted by atomic mass is 19.1. The molecule has 8 nitrogen and oxygen atoms in total. The van der Waals surface area contributed by atoms with Gasteiger partial charge in [-0.3, -0.25) is 14.5 Å². The molecule has 0 spiro atoms. The van der Waals surface area contributed by atoms with E-state index in [0.29, 0.717) is 11.1 Å². The number of halogens is 1. The van der Waals surface area contributed by atoms with E-state index in [1.807, 2.05) is 24.3 Å². The van der Waals surface area contributed by atoms with Gasteiger partial charge in [0.15, 0.2) is 0 Å². The quantitative estimate of drug-likeness (QED) is 0.492. The number of nitrogens with zero attached hydrogens (tertiary/aromatic N) is 3. The predicted octanol–water partition coefficient (Wildman–Crippen LogP) is 1.75. The van der Waals surface area contributed by atoms with E-state index in [-0.39, 0.29) is 29.4 Å². The molecule has 0 atom stereocenters. The van der Waals surface area contributed by atoms with Crippen molar-refractivity contribution in [1.29, 1.82) is 0 Å². The average Bonchev–Trinajstić information content (AvgIpc) is 2.85. The zero-order valence-electron chi connectivity index (χ0n) is 19.1. The molecule has 0 bridgehead atoms. The van der Waals surface area contributed by atoms with Gasteiger partial charge in [-0.1, -0.05) is 36.4 Å². The lowest BCUT2D eigenvalue weighted by Gasteiger charge is -2.32. The number of benzene rings is 2. The third-order valence-corrected chi connectivity index (χ3v) is 5.98. The van der Waals surface area contributed by atoms with E-state index in [4.69, 9.17) is 0 Å². The molecule has 9 heteroatoms. The molecular formula is C25H28FN5O3. The van der Waals surface area contributed by atoms with Crippen LogP contribution in [0, 0.1) is 5.82 Å². The lowest BCUT2D eigenvalue weighted by molar-refractivity contribution is 0.0942.